The molecule has 9 heteroatoms. The van der Waals surface area contributed by atoms with Crippen molar-refractivity contribution in [2.75, 3.05) is 12.8 Å². The summed E-state index contributed by atoms with van der Waals surface area (Å²) in [6.45, 7) is 1.07. The van der Waals surface area contributed by atoms with E-state index in [-0.39, 0.29) is 10.8 Å². The number of sulfonamides is 1. The summed E-state index contributed by atoms with van der Waals surface area (Å²) < 4.78 is 28.3. The Morgan fingerprint density at radius 3 is 3.00 bits per heavy atom. The van der Waals surface area contributed by atoms with E-state index in [1.54, 1.807) is 12.4 Å². The zero-order valence-electron chi connectivity index (χ0n) is 11.0. The molecule has 2 aromatic heterocycles. The van der Waals surface area contributed by atoms with E-state index in [0.717, 1.165) is 36.5 Å². The van der Waals surface area contributed by atoms with E-state index in [2.05, 4.69) is 10.2 Å². The Kier molecular flexibility index (Phi) is 3.27. The van der Waals surface area contributed by atoms with Gasteiger partial charge in [-0.25, -0.2) is 8.42 Å². The zero-order valence-corrected chi connectivity index (χ0v) is 12.6. The van der Waals surface area contributed by atoms with Gasteiger partial charge in [-0.05, 0) is 12.5 Å². The molecule has 3 heterocycles. The lowest BCUT2D eigenvalue weighted by atomic mass is 10.4. The number of aromatic nitrogens is 3. The Labute approximate surface area is 121 Å². The molecule has 7 nitrogen and oxygen atoms in total. The first-order chi connectivity index (χ1) is 9.48. The minimum Gasteiger partial charge on any atom is -0.398 e. The first-order valence-electron chi connectivity index (χ1n) is 6.20. The van der Waals surface area contributed by atoms with Gasteiger partial charge >= 0.3 is 0 Å². The van der Waals surface area contributed by atoms with E-state index in [9.17, 15) is 8.42 Å². The van der Waals surface area contributed by atoms with Crippen LogP contribution in [-0.4, -0.2) is 34.5 Å². The molecule has 0 bridgehead atoms. The fraction of sp³-hybridized carbons (Fsp3) is 0.455. The molecule has 3 rings (SSSR count). The van der Waals surface area contributed by atoms with Crippen molar-refractivity contribution < 1.29 is 8.42 Å². The molecular weight excluding hydrogens is 298 g/mol. The van der Waals surface area contributed by atoms with E-state index in [1.165, 1.54) is 10.4 Å². The van der Waals surface area contributed by atoms with Crippen LogP contribution in [-0.2, 0) is 29.5 Å². The van der Waals surface area contributed by atoms with Crippen molar-refractivity contribution in [2.45, 2.75) is 30.1 Å². The number of thiophene rings is 1. The molecule has 0 saturated carbocycles. The molecule has 0 saturated heterocycles. The largest absolute Gasteiger partial charge is 0.398 e. The number of rotatable bonds is 4. The minimum atomic E-state index is -3.52. The number of aryl methyl sites for hydroxylation is 1. The molecule has 0 aliphatic carbocycles. The van der Waals surface area contributed by atoms with Gasteiger partial charge in [0.05, 0.1) is 6.54 Å². The van der Waals surface area contributed by atoms with Gasteiger partial charge in [-0.3, -0.25) is 0 Å². The number of nitrogen functional groups attached to an aromatic ring is 1. The topological polar surface area (TPSA) is 94.1 Å². The predicted octanol–water partition coefficient (Wildman–Crippen LogP) is 0.689. The van der Waals surface area contributed by atoms with Crippen LogP contribution in [0.2, 0.25) is 0 Å². The van der Waals surface area contributed by atoms with Gasteiger partial charge in [0.2, 0.25) is 0 Å². The van der Waals surface area contributed by atoms with Gasteiger partial charge in [0.15, 0.2) is 0 Å². The fourth-order valence-electron chi connectivity index (χ4n) is 2.23. The summed E-state index contributed by atoms with van der Waals surface area (Å²) in [6, 6.07) is 1.48. The summed E-state index contributed by atoms with van der Waals surface area (Å²) in [6.07, 6.45) is 1.95. The van der Waals surface area contributed by atoms with Crippen molar-refractivity contribution in [2.24, 2.45) is 0 Å². The zero-order chi connectivity index (χ0) is 14.3. The van der Waals surface area contributed by atoms with Crippen LogP contribution in [0.25, 0.3) is 0 Å². The van der Waals surface area contributed by atoms with Crippen LogP contribution in [0.4, 0.5) is 5.69 Å². The number of nitrogens with zero attached hydrogens (tertiary/aromatic N) is 4. The molecule has 1 aliphatic rings. The van der Waals surface area contributed by atoms with E-state index >= 15 is 0 Å². The second kappa shape index (κ2) is 4.83. The average molecular weight is 313 g/mol. The summed E-state index contributed by atoms with van der Waals surface area (Å²) in [5, 5.41) is 9.78. The van der Waals surface area contributed by atoms with Crippen molar-refractivity contribution in [1.82, 2.24) is 19.1 Å². The summed E-state index contributed by atoms with van der Waals surface area (Å²) in [4.78, 5) is 0. The van der Waals surface area contributed by atoms with Crippen LogP contribution >= 0.6 is 11.3 Å². The first kappa shape index (κ1) is 13.5. The highest BCUT2D eigenvalue weighted by molar-refractivity contribution is 7.91. The summed E-state index contributed by atoms with van der Waals surface area (Å²) >= 11 is 1.13. The van der Waals surface area contributed by atoms with Crippen LogP contribution in [0.5, 0.6) is 0 Å². The smallest absolute Gasteiger partial charge is 0.252 e. The average Bonchev–Trinajstić information content (AvgIpc) is 3.07. The van der Waals surface area contributed by atoms with Crippen molar-refractivity contribution in [3.05, 3.63) is 23.1 Å². The van der Waals surface area contributed by atoms with E-state index < -0.39 is 10.0 Å². The predicted molar refractivity (Wildman–Crippen MR) is 75.7 cm³/mol. The van der Waals surface area contributed by atoms with Gasteiger partial charge < -0.3 is 10.3 Å². The minimum absolute atomic E-state index is 0.215. The number of anilines is 1. The Morgan fingerprint density at radius 1 is 1.50 bits per heavy atom. The number of nitrogens with two attached hydrogens (primary N) is 1. The van der Waals surface area contributed by atoms with Crippen LogP contribution in [0.1, 0.15) is 18.1 Å². The number of hydrogen-bond acceptors (Lipinski definition) is 6. The molecule has 108 valence electrons. The van der Waals surface area contributed by atoms with Gasteiger partial charge in [0.1, 0.15) is 15.9 Å². The van der Waals surface area contributed by atoms with Gasteiger partial charge in [-0.2, -0.15) is 4.31 Å². The SMILES string of the molecule is CN(Cc1nnc2n1CCC2)S(=O)(=O)c1cc(N)cs1. The van der Waals surface area contributed by atoms with Crippen LogP contribution in [0, 0.1) is 0 Å². The van der Waals surface area contributed by atoms with Crippen molar-refractivity contribution >= 4 is 27.0 Å². The summed E-state index contributed by atoms with van der Waals surface area (Å²) in [5.41, 5.74) is 6.05. The molecule has 0 unspecified atom stereocenters. The lowest BCUT2D eigenvalue weighted by Gasteiger charge is -2.15. The highest BCUT2D eigenvalue weighted by Gasteiger charge is 2.26. The Balaban J connectivity index is 1.84. The number of fused-ring (bicyclic) bond motifs is 1. The lowest BCUT2D eigenvalue weighted by Crippen LogP contribution is -2.27. The molecule has 2 N–H and O–H groups in total. The Bertz CT molecular complexity index is 734. The van der Waals surface area contributed by atoms with Gasteiger partial charge in [-0.15, -0.1) is 21.5 Å². The number of hydrogen-bond donors (Lipinski definition) is 1. The third-order valence-electron chi connectivity index (χ3n) is 3.31. The summed E-state index contributed by atoms with van der Waals surface area (Å²) in [7, 11) is -1.98. The monoisotopic (exact) mass is 313 g/mol. The quantitative estimate of drug-likeness (QED) is 0.896. The summed E-state index contributed by atoms with van der Waals surface area (Å²) in [5.74, 6) is 1.62. The standard InChI is InChI=1S/C11H15N5O2S2/c1-15(20(17,18)11-5-8(12)7-19-11)6-10-14-13-9-3-2-4-16(9)10/h5,7H,2-4,6,12H2,1H3. The molecule has 0 spiro atoms. The van der Waals surface area contributed by atoms with E-state index in [0.29, 0.717) is 11.5 Å². The Morgan fingerprint density at radius 2 is 2.30 bits per heavy atom. The normalized spacial score (nSPS) is 14.9. The maximum atomic E-state index is 12.4. The van der Waals surface area contributed by atoms with Crippen molar-refractivity contribution in [3.63, 3.8) is 0 Å². The molecule has 2 aromatic rings. The van der Waals surface area contributed by atoms with Crippen LogP contribution in [0.3, 0.4) is 0 Å². The molecule has 0 aromatic carbocycles. The maximum Gasteiger partial charge on any atom is 0.252 e. The van der Waals surface area contributed by atoms with Crippen LogP contribution < -0.4 is 5.73 Å². The van der Waals surface area contributed by atoms with Crippen molar-refractivity contribution in [1.29, 1.82) is 0 Å². The molecular formula is C11H15N5O2S2. The highest BCUT2D eigenvalue weighted by Crippen LogP contribution is 2.25. The lowest BCUT2D eigenvalue weighted by molar-refractivity contribution is 0.448. The van der Waals surface area contributed by atoms with Crippen molar-refractivity contribution in [3.8, 4) is 0 Å². The highest BCUT2D eigenvalue weighted by atomic mass is 32.2. The van der Waals surface area contributed by atoms with Gasteiger partial charge in [-0.1, -0.05) is 0 Å². The maximum absolute atomic E-state index is 12.4. The molecule has 20 heavy (non-hydrogen) atoms. The van der Waals surface area contributed by atoms with E-state index in [1.807, 2.05) is 4.57 Å². The molecule has 0 fully saturated rings. The second-order valence-electron chi connectivity index (χ2n) is 4.75. The van der Waals surface area contributed by atoms with Gasteiger partial charge in [0.25, 0.3) is 10.0 Å². The molecule has 0 radical (unpaired) electrons. The molecule has 0 amide bonds. The Hall–Kier alpha value is -1.45. The third kappa shape index (κ3) is 2.21. The van der Waals surface area contributed by atoms with Gasteiger partial charge in [0, 0.05) is 31.1 Å². The molecule has 1 aliphatic heterocycles. The van der Waals surface area contributed by atoms with E-state index in [4.69, 9.17) is 5.73 Å². The first-order valence-corrected chi connectivity index (χ1v) is 8.52. The molecule has 0 atom stereocenters. The second-order valence-corrected chi connectivity index (χ2v) is 7.93. The third-order valence-corrected chi connectivity index (χ3v) is 6.55. The fourth-order valence-corrected chi connectivity index (χ4v) is 4.65. The van der Waals surface area contributed by atoms with Crippen LogP contribution in [0.15, 0.2) is 15.7 Å².